The van der Waals surface area contributed by atoms with Crippen LogP contribution < -0.4 is 15.0 Å². The predicted molar refractivity (Wildman–Crippen MR) is 107 cm³/mol. The minimum Gasteiger partial charge on any atom is -0.484 e. The molecule has 1 saturated heterocycles. The van der Waals surface area contributed by atoms with E-state index in [2.05, 4.69) is 43.1 Å². The summed E-state index contributed by atoms with van der Waals surface area (Å²) in [6.45, 7) is 8.76. The van der Waals surface area contributed by atoms with Crippen molar-refractivity contribution < 1.29 is 9.53 Å². The predicted octanol–water partition coefficient (Wildman–Crippen LogP) is 4.60. The first-order chi connectivity index (χ1) is 12.4. The van der Waals surface area contributed by atoms with Crippen LogP contribution in [0, 0.1) is 0 Å². The van der Waals surface area contributed by atoms with Crippen molar-refractivity contribution >= 4 is 17.3 Å². The monoisotopic (exact) mass is 352 g/mol. The molecule has 1 amide bonds. The summed E-state index contributed by atoms with van der Waals surface area (Å²) in [5.74, 6) is 0.552. The summed E-state index contributed by atoms with van der Waals surface area (Å²) < 4.78 is 5.59. The number of hydrogen-bond donors (Lipinski definition) is 1. The van der Waals surface area contributed by atoms with Gasteiger partial charge >= 0.3 is 0 Å². The van der Waals surface area contributed by atoms with Gasteiger partial charge in [-0.3, -0.25) is 4.79 Å². The Morgan fingerprint density at radius 3 is 2.19 bits per heavy atom. The standard InChI is InChI=1S/C22H28N2O2/c1-22(2,3)17-6-12-20(13-7-17)26-16-21(25)23-18-8-10-19(11-9-18)24-14-4-5-15-24/h6-13H,4-5,14-16H2,1-3H3,(H,23,25). The van der Waals surface area contributed by atoms with E-state index in [1.54, 1.807) is 0 Å². The molecule has 2 aromatic carbocycles. The molecule has 26 heavy (non-hydrogen) atoms. The molecule has 1 N–H and O–H groups in total. The van der Waals surface area contributed by atoms with Crippen molar-refractivity contribution in [2.75, 3.05) is 29.9 Å². The highest BCUT2D eigenvalue weighted by Crippen LogP contribution is 2.24. The lowest BCUT2D eigenvalue weighted by atomic mass is 9.87. The van der Waals surface area contributed by atoms with E-state index in [0.717, 1.165) is 18.8 Å². The SMILES string of the molecule is CC(C)(C)c1ccc(OCC(=O)Nc2ccc(N3CCCC3)cc2)cc1. The second-order valence-electron chi connectivity index (χ2n) is 7.85. The lowest BCUT2D eigenvalue weighted by Gasteiger charge is -2.19. The highest BCUT2D eigenvalue weighted by atomic mass is 16.5. The Bertz CT molecular complexity index is 724. The van der Waals surface area contributed by atoms with Gasteiger partial charge in [-0.2, -0.15) is 0 Å². The minimum absolute atomic E-state index is 0.00272. The molecule has 0 radical (unpaired) electrons. The topological polar surface area (TPSA) is 41.6 Å². The maximum atomic E-state index is 12.1. The zero-order chi connectivity index (χ0) is 18.6. The summed E-state index contributed by atoms with van der Waals surface area (Å²) in [6.07, 6.45) is 2.51. The first-order valence-corrected chi connectivity index (χ1v) is 9.30. The number of rotatable bonds is 5. The van der Waals surface area contributed by atoms with Crippen molar-refractivity contribution in [2.24, 2.45) is 0 Å². The highest BCUT2D eigenvalue weighted by Gasteiger charge is 2.14. The third-order valence-corrected chi connectivity index (χ3v) is 4.71. The molecule has 4 heteroatoms. The van der Waals surface area contributed by atoms with Gasteiger partial charge in [-0.05, 0) is 60.2 Å². The molecule has 0 saturated carbocycles. The Hall–Kier alpha value is -2.49. The summed E-state index contributed by atoms with van der Waals surface area (Å²) in [5, 5.41) is 2.88. The van der Waals surface area contributed by atoms with E-state index in [0.29, 0.717) is 5.75 Å². The Morgan fingerprint density at radius 2 is 1.62 bits per heavy atom. The summed E-state index contributed by atoms with van der Waals surface area (Å²) in [7, 11) is 0. The van der Waals surface area contributed by atoms with Crippen LogP contribution in [0.5, 0.6) is 5.75 Å². The number of carbonyl (C=O) groups is 1. The first-order valence-electron chi connectivity index (χ1n) is 9.30. The summed E-state index contributed by atoms with van der Waals surface area (Å²) >= 11 is 0. The highest BCUT2D eigenvalue weighted by molar-refractivity contribution is 5.92. The molecule has 138 valence electrons. The number of hydrogen-bond acceptors (Lipinski definition) is 3. The van der Waals surface area contributed by atoms with Crippen LogP contribution in [-0.2, 0) is 10.2 Å². The molecule has 0 aromatic heterocycles. The van der Waals surface area contributed by atoms with Gasteiger partial charge < -0.3 is 15.0 Å². The van der Waals surface area contributed by atoms with Crippen molar-refractivity contribution in [1.29, 1.82) is 0 Å². The summed E-state index contributed by atoms with van der Waals surface area (Å²) in [6, 6.07) is 15.9. The fourth-order valence-corrected chi connectivity index (χ4v) is 3.13. The lowest BCUT2D eigenvalue weighted by Crippen LogP contribution is -2.20. The fraction of sp³-hybridized carbons (Fsp3) is 0.409. The van der Waals surface area contributed by atoms with Crippen molar-refractivity contribution in [3.8, 4) is 5.75 Å². The van der Waals surface area contributed by atoms with Crippen molar-refractivity contribution in [1.82, 2.24) is 0 Å². The molecule has 1 heterocycles. The Morgan fingerprint density at radius 1 is 1.00 bits per heavy atom. The van der Waals surface area contributed by atoms with Gasteiger partial charge in [0.1, 0.15) is 5.75 Å². The van der Waals surface area contributed by atoms with E-state index in [1.807, 2.05) is 36.4 Å². The van der Waals surface area contributed by atoms with Gasteiger partial charge in [-0.15, -0.1) is 0 Å². The third kappa shape index (κ3) is 4.78. The maximum Gasteiger partial charge on any atom is 0.262 e. The van der Waals surface area contributed by atoms with E-state index >= 15 is 0 Å². The number of nitrogens with one attached hydrogen (secondary N) is 1. The molecule has 1 fully saturated rings. The zero-order valence-electron chi connectivity index (χ0n) is 15.9. The van der Waals surface area contributed by atoms with E-state index in [4.69, 9.17) is 4.74 Å². The van der Waals surface area contributed by atoms with Crippen LogP contribution in [0.15, 0.2) is 48.5 Å². The van der Waals surface area contributed by atoms with Crippen LogP contribution in [0.2, 0.25) is 0 Å². The Balaban J connectivity index is 1.49. The second kappa shape index (κ2) is 7.81. The quantitative estimate of drug-likeness (QED) is 0.855. The van der Waals surface area contributed by atoms with Gasteiger partial charge in [0.2, 0.25) is 0 Å². The van der Waals surface area contributed by atoms with Gasteiger partial charge in [0.15, 0.2) is 6.61 Å². The Labute approximate surface area is 156 Å². The number of nitrogens with zero attached hydrogens (tertiary/aromatic N) is 1. The van der Waals surface area contributed by atoms with Crippen LogP contribution in [0.3, 0.4) is 0 Å². The van der Waals surface area contributed by atoms with Crippen LogP contribution in [-0.4, -0.2) is 25.6 Å². The van der Waals surface area contributed by atoms with E-state index in [-0.39, 0.29) is 17.9 Å². The summed E-state index contributed by atoms with van der Waals surface area (Å²) in [4.78, 5) is 14.5. The smallest absolute Gasteiger partial charge is 0.262 e. The molecule has 0 atom stereocenters. The molecular weight excluding hydrogens is 324 g/mol. The van der Waals surface area contributed by atoms with Gasteiger partial charge in [0.05, 0.1) is 0 Å². The lowest BCUT2D eigenvalue weighted by molar-refractivity contribution is -0.118. The minimum atomic E-state index is -0.154. The number of amides is 1. The molecular formula is C22H28N2O2. The van der Waals surface area contributed by atoms with Crippen LogP contribution in [0.4, 0.5) is 11.4 Å². The number of ether oxygens (including phenoxy) is 1. The number of anilines is 2. The molecule has 1 aliphatic rings. The van der Waals surface area contributed by atoms with Crippen molar-refractivity contribution in [2.45, 2.75) is 39.0 Å². The van der Waals surface area contributed by atoms with E-state index in [9.17, 15) is 4.79 Å². The first kappa shape index (κ1) is 18.3. The van der Waals surface area contributed by atoms with Crippen molar-refractivity contribution in [3.05, 3.63) is 54.1 Å². The third-order valence-electron chi connectivity index (χ3n) is 4.71. The maximum absolute atomic E-state index is 12.1. The summed E-state index contributed by atoms with van der Waals surface area (Å²) in [5.41, 5.74) is 3.37. The fourth-order valence-electron chi connectivity index (χ4n) is 3.13. The van der Waals surface area contributed by atoms with Crippen molar-refractivity contribution in [3.63, 3.8) is 0 Å². The zero-order valence-corrected chi connectivity index (χ0v) is 15.9. The molecule has 1 aliphatic heterocycles. The Kier molecular flexibility index (Phi) is 5.50. The van der Waals surface area contributed by atoms with E-state index in [1.165, 1.54) is 24.1 Å². The molecule has 4 nitrogen and oxygen atoms in total. The van der Waals surface area contributed by atoms with Crippen LogP contribution in [0.1, 0.15) is 39.2 Å². The molecule has 0 spiro atoms. The normalized spacial score (nSPS) is 14.3. The second-order valence-corrected chi connectivity index (χ2v) is 7.85. The largest absolute Gasteiger partial charge is 0.484 e. The molecule has 0 unspecified atom stereocenters. The van der Waals surface area contributed by atoms with Crippen LogP contribution >= 0.6 is 0 Å². The van der Waals surface area contributed by atoms with Crippen LogP contribution in [0.25, 0.3) is 0 Å². The molecule has 0 aliphatic carbocycles. The average Bonchev–Trinajstić information content (AvgIpc) is 3.15. The average molecular weight is 352 g/mol. The van der Waals surface area contributed by atoms with Gasteiger partial charge in [-0.25, -0.2) is 0 Å². The molecule has 2 aromatic rings. The van der Waals surface area contributed by atoms with Gasteiger partial charge in [0, 0.05) is 24.5 Å². The number of benzene rings is 2. The number of carbonyl (C=O) groups excluding carboxylic acids is 1. The molecule has 3 rings (SSSR count). The van der Waals surface area contributed by atoms with Gasteiger partial charge in [0.25, 0.3) is 5.91 Å². The van der Waals surface area contributed by atoms with E-state index < -0.39 is 0 Å². The molecule has 0 bridgehead atoms. The van der Waals surface area contributed by atoms with Gasteiger partial charge in [-0.1, -0.05) is 32.9 Å².